The molecule has 1 rings (SSSR count). The molecule has 4 heteroatoms. The summed E-state index contributed by atoms with van der Waals surface area (Å²) in [6, 6.07) is 0. The summed E-state index contributed by atoms with van der Waals surface area (Å²) < 4.78 is 0. The third-order valence-corrected chi connectivity index (χ3v) is 1.37. The quantitative estimate of drug-likeness (QED) is 0.561. The molecule has 0 radical (unpaired) electrons. The van der Waals surface area contributed by atoms with E-state index in [0.717, 1.165) is 18.6 Å². The Bertz CT molecular complexity index is 164. The van der Waals surface area contributed by atoms with Gasteiger partial charge in [0.15, 0.2) is 0 Å². The van der Waals surface area contributed by atoms with Gasteiger partial charge < -0.3 is 5.73 Å². The summed E-state index contributed by atoms with van der Waals surface area (Å²) in [6.07, 6.45) is 2.21. The summed E-state index contributed by atoms with van der Waals surface area (Å²) in [4.78, 5) is 10.6. The molecule has 0 aliphatic carbocycles. The normalized spacial score (nSPS) is 16.9. The lowest BCUT2D eigenvalue weighted by molar-refractivity contribution is -0.119. The molecule has 0 saturated carbocycles. The van der Waals surface area contributed by atoms with Crippen molar-refractivity contribution in [2.24, 2.45) is 10.8 Å². The van der Waals surface area contributed by atoms with Crippen molar-refractivity contribution >= 4 is 11.6 Å². The lowest BCUT2D eigenvalue weighted by atomic mass is 10.1. The first-order valence-corrected chi connectivity index (χ1v) is 3.37. The molecule has 0 fully saturated rings. The number of carbonyl (C=O) groups is 1. The highest BCUT2D eigenvalue weighted by Gasteiger charge is 2.12. The van der Waals surface area contributed by atoms with E-state index in [-0.39, 0.29) is 5.91 Å². The van der Waals surface area contributed by atoms with Crippen molar-refractivity contribution in [2.45, 2.75) is 19.3 Å². The second-order valence-corrected chi connectivity index (χ2v) is 2.28. The molecular formula is C6H11N3O. The van der Waals surface area contributed by atoms with Gasteiger partial charge in [0.05, 0.1) is 6.42 Å². The zero-order valence-corrected chi connectivity index (χ0v) is 5.76. The van der Waals surface area contributed by atoms with Crippen LogP contribution in [0.4, 0.5) is 0 Å². The second-order valence-electron chi connectivity index (χ2n) is 2.28. The predicted molar refractivity (Wildman–Crippen MR) is 38.5 cm³/mol. The topological polar surface area (TPSA) is 67.5 Å². The molecule has 0 atom stereocenters. The maximum Gasteiger partial charge on any atom is 0.245 e. The molecule has 0 aromatic carbocycles. The summed E-state index contributed by atoms with van der Waals surface area (Å²) >= 11 is 0. The molecule has 1 heterocycles. The van der Waals surface area contributed by atoms with E-state index >= 15 is 0 Å². The first-order chi connectivity index (χ1) is 4.83. The summed E-state index contributed by atoms with van der Waals surface area (Å²) in [6.45, 7) is 0.660. The maximum absolute atomic E-state index is 10.6. The monoisotopic (exact) mass is 141 g/mol. The number of hydrogen-bond acceptors (Lipinski definition) is 3. The first kappa shape index (κ1) is 7.21. The third kappa shape index (κ3) is 1.80. The van der Waals surface area contributed by atoms with Gasteiger partial charge in [0.25, 0.3) is 0 Å². The van der Waals surface area contributed by atoms with Crippen LogP contribution in [0.5, 0.6) is 0 Å². The van der Waals surface area contributed by atoms with Gasteiger partial charge in [-0.15, -0.1) is 0 Å². The highest BCUT2D eigenvalue weighted by atomic mass is 16.2. The molecule has 56 valence electrons. The van der Waals surface area contributed by atoms with Gasteiger partial charge in [-0.25, -0.2) is 5.43 Å². The molecule has 0 aromatic rings. The average molecular weight is 141 g/mol. The molecule has 0 saturated heterocycles. The smallest absolute Gasteiger partial charge is 0.245 e. The van der Waals surface area contributed by atoms with Gasteiger partial charge in [-0.1, -0.05) is 0 Å². The van der Waals surface area contributed by atoms with Gasteiger partial charge in [-0.3, -0.25) is 4.79 Å². The molecule has 0 spiro atoms. The SMILES string of the molecule is NCCCC1=NNC(=O)C1. The van der Waals surface area contributed by atoms with Crippen LogP contribution in [0.1, 0.15) is 19.3 Å². The minimum absolute atomic E-state index is 0.00739. The number of hydrogen-bond donors (Lipinski definition) is 2. The van der Waals surface area contributed by atoms with Crippen molar-refractivity contribution in [3.63, 3.8) is 0 Å². The van der Waals surface area contributed by atoms with Gasteiger partial charge in [0.2, 0.25) is 5.91 Å². The zero-order chi connectivity index (χ0) is 7.40. The van der Waals surface area contributed by atoms with Gasteiger partial charge in [-0.05, 0) is 19.4 Å². The zero-order valence-electron chi connectivity index (χ0n) is 5.76. The fourth-order valence-corrected chi connectivity index (χ4v) is 0.856. The molecule has 0 aromatic heterocycles. The Morgan fingerprint density at radius 3 is 3.00 bits per heavy atom. The Labute approximate surface area is 59.5 Å². The summed E-state index contributed by atoms with van der Waals surface area (Å²) in [7, 11) is 0. The highest BCUT2D eigenvalue weighted by Crippen LogP contribution is 2.01. The third-order valence-electron chi connectivity index (χ3n) is 1.37. The van der Waals surface area contributed by atoms with E-state index in [2.05, 4.69) is 10.5 Å². The van der Waals surface area contributed by atoms with Crippen LogP contribution < -0.4 is 11.2 Å². The minimum atomic E-state index is -0.00739. The summed E-state index contributed by atoms with van der Waals surface area (Å²) in [5.41, 5.74) is 8.59. The standard InChI is InChI=1S/C6H11N3O/c7-3-1-2-5-4-6(10)9-8-5/h1-4,7H2,(H,9,10). The van der Waals surface area contributed by atoms with Crippen LogP contribution in [0.2, 0.25) is 0 Å². The maximum atomic E-state index is 10.6. The van der Waals surface area contributed by atoms with Crippen molar-refractivity contribution in [2.75, 3.05) is 6.54 Å². The van der Waals surface area contributed by atoms with Crippen molar-refractivity contribution in [3.05, 3.63) is 0 Å². The molecule has 1 aliphatic heterocycles. The fourth-order valence-electron chi connectivity index (χ4n) is 0.856. The average Bonchev–Trinajstić information content (AvgIpc) is 2.31. The highest BCUT2D eigenvalue weighted by molar-refractivity contribution is 6.04. The molecule has 3 N–H and O–H groups in total. The van der Waals surface area contributed by atoms with E-state index in [4.69, 9.17) is 5.73 Å². The Hall–Kier alpha value is -0.900. The van der Waals surface area contributed by atoms with Crippen LogP contribution in [0, 0.1) is 0 Å². The number of nitrogens with one attached hydrogen (secondary N) is 1. The van der Waals surface area contributed by atoms with Crippen molar-refractivity contribution in [1.29, 1.82) is 0 Å². The Kier molecular flexibility index (Phi) is 2.39. The van der Waals surface area contributed by atoms with E-state index in [9.17, 15) is 4.79 Å². The van der Waals surface area contributed by atoms with E-state index < -0.39 is 0 Å². The van der Waals surface area contributed by atoms with E-state index in [1.807, 2.05) is 0 Å². The predicted octanol–water partition coefficient (Wildman–Crippen LogP) is -0.399. The number of hydrazone groups is 1. The number of carbonyl (C=O) groups excluding carboxylic acids is 1. The van der Waals surface area contributed by atoms with Gasteiger partial charge >= 0.3 is 0 Å². The van der Waals surface area contributed by atoms with Crippen molar-refractivity contribution in [1.82, 2.24) is 5.43 Å². The van der Waals surface area contributed by atoms with Crippen LogP contribution in [0.3, 0.4) is 0 Å². The molecule has 10 heavy (non-hydrogen) atoms. The Morgan fingerprint density at radius 2 is 2.50 bits per heavy atom. The van der Waals surface area contributed by atoms with Crippen LogP contribution in [0.25, 0.3) is 0 Å². The van der Waals surface area contributed by atoms with Crippen LogP contribution in [-0.4, -0.2) is 18.2 Å². The van der Waals surface area contributed by atoms with E-state index in [1.165, 1.54) is 0 Å². The van der Waals surface area contributed by atoms with Crippen LogP contribution in [0.15, 0.2) is 5.10 Å². The second kappa shape index (κ2) is 3.31. The van der Waals surface area contributed by atoms with E-state index in [1.54, 1.807) is 0 Å². The lowest BCUT2D eigenvalue weighted by Crippen LogP contribution is -2.09. The fraction of sp³-hybridized carbons (Fsp3) is 0.667. The number of amides is 1. The van der Waals surface area contributed by atoms with Crippen molar-refractivity contribution < 1.29 is 4.79 Å². The molecular weight excluding hydrogens is 130 g/mol. The number of rotatable bonds is 3. The molecule has 4 nitrogen and oxygen atoms in total. The Balaban J connectivity index is 2.23. The van der Waals surface area contributed by atoms with Gasteiger partial charge in [-0.2, -0.15) is 5.10 Å². The molecule has 0 bridgehead atoms. The lowest BCUT2D eigenvalue weighted by Gasteiger charge is -1.92. The molecule has 0 unspecified atom stereocenters. The summed E-state index contributed by atoms with van der Waals surface area (Å²) in [5, 5.41) is 3.82. The number of nitrogens with two attached hydrogens (primary N) is 1. The molecule has 1 amide bonds. The molecule has 1 aliphatic rings. The number of nitrogens with zero attached hydrogens (tertiary/aromatic N) is 1. The van der Waals surface area contributed by atoms with Gasteiger partial charge in [0.1, 0.15) is 0 Å². The Morgan fingerprint density at radius 1 is 1.70 bits per heavy atom. The van der Waals surface area contributed by atoms with Crippen LogP contribution >= 0.6 is 0 Å². The largest absolute Gasteiger partial charge is 0.330 e. The van der Waals surface area contributed by atoms with E-state index in [0.29, 0.717) is 13.0 Å². The first-order valence-electron chi connectivity index (χ1n) is 3.37. The van der Waals surface area contributed by atoms with Crippen molar-refractivity contribution in [3.8, 4) is 0 Å². The minimum Gasteiger partial charge on any atom is -0.330 e. The van der Waals surface area contributed by atoms with Crippen LogP contribution in [-0.2, 0) is 4.79 Å². The summed E-state index contributed by atoms with van der Waals surface area (Å²) in [5.74, 6) is -0.00739. The van der Waals surface area contributed by atoms with Gasteiger partial charge in [0, 0.05) is 5.71 Å².